The van der Waals surface area contributed by atoms with Gasteiger partial charge in [0.25, 0.3) is 0 Å². The molecule has 3 saturated heterocycles. The van der Waals surface area contributed by atoms with Crippen molar-refractivity contribution in [1.82, 2.24) is 71.0 Å². The molecule has 6 aromatic carbocycles. The van der Waals surface area contributed by atoms with Gasteiger partial charge in [-0.2, -0.15) is 12.9 Å². The zero-order valence-corrected chi connectivity index (χ0v) is 61.6. The van der Waals surface area contributed by atoms with Crippen LogP contribution in [0.25, 0.3) is 83.4 Å². The molecule has 30 heteroatoms. The first-order valence-corrected chi connectivity index (χ1v) is 39.7. The van der Waals surface area contributed by atoms with Crippen molar-refractivity contribution in [3.63, 3.8) is 0 Å². The van der Waals surface area contributed by atoms with Gasteiger partial charge >= 0.3 is 0 Å². The van der Waals surface area contributed by atoms with Crippen LogP contribution in [0.5, 0.6) is 11.5 Å². The van der Waals surface area contributed by atoms with Crippen LogP contribution in [-0.2, 0) is 30.1 Å². The molecule has 3 aliphatic rings. The lowest BCUT2D eigenvalue weighted by molar-refractivity contribution is 0.311. The number of nitrogens with two attached hydrogens (primary N) is 3. The van der Waals surface area contributed by atoms with Gasteiger partial charge in [-0.25, -0.2) is 59.5 Å². The van der Waals surface area contributed by atoms with E-state index in [4.69, 9.17) is 41.6 Å². The Morgan fingerprint density at radius 1 is 0.426 bits per heavy atom. The number of para-hydroxylation sites is 3. The first-order chi connectivity index (χ1) is 52.2. The third kappa shape index (κ3) is 13.2. The highest BCUT2D eigenvalue weighted by Crippen LogP contribution is 2.42. The van der Waals surface area contributed by atoms with Crippen molar-refractivity contribution in [2.45, 2.75) is 77.9 Å². The first-order valence-electron chi connectivity index (χ1n) is 35.4. The van der Waals surface area contributed by atoms with E-state index < -0.39 is 35.9 Å². The smallest absolute Gasteiger partial charge is 0.246 e. The van der Waals surface area contributed by atoms with E-state index in [1.807, 2.05) is 124 Å². The predicted octanol–water partition coefficient (Wildman–Crippen LogP) is 12.5. The molecule has 9 N–H and O–H groups in total. The molecule has 552 valence electrons. The van der Waals surface area contributed by atoms with Crippen LogP contribution in [0.1, 0.15) is 79.3 Å². The SMILES string of the molecule is COc1ccc(OC)c(S(=O)(=O)N2CCC(c3nc(-c4cc5ccccc5[nH]4)c4c(N)nccn34)CC2)c1.Cc1ccc(S(=O)(=O)N2CCC(c3nc(-c4cc5ccccc5[nH]4)c4c(N)nccn34)CC2)cc1.Nc1nccn2c(C3CCN(S(=O)(=O)c4cccc(F)c4)CC3)nc(-c3cc4ccccc4[nH]3)c12. The number of aromatic amines is 3. The number of aromatic nitrogens is 12. The number of ether oxygens (including phenoxy) is 2. The summed E-state index contributed by atoms with van der Waals surface area (Å²) < 4.78 is 114. The molecule has 15 aromatic rings. The second-order valence-corrected chi connectivity index (χ2v) is 33.0. The number of hydrogen-bond acceptors (Lipinski definition) is 17. The first kappa shape index (κ1) is 70.8. The number of nitrogen functional groups attached to an aromatic ring is 3. The number of piperidine rings is 3. The van der Waals surface area contributed by atoms with Crippen molar-refractivity contribution >= 4 is 96.8 Å². The minimum absolute atomic E-state index is 0.0258. The zero-order valence-electron chi connectivity index (χ0n) is 59.2. The molecular weight excluding hydrogens is 1430 g/mol. The van der Waals surface area contributed by atoms with Crippen LogP contribution in [0.4, 0.5) is 21.8 Å². The standard InChI is InChI=1S/C27H28N6O4S.C26H26N6O2S.C25H23FN6O2S/c1-36-19-7-8-22(37-2)23(16-19)38(34,35)32-12-9-17(10-13-32)27-31-24(25-26(28)29-11-14-33(25)27)21-15-18-5-3-4-6-20(18)30-21;1-17-6-8-20(9-7-17)35(33,34)31-13-10-18(11-14-31)26-30-23(24-25(27)28-12-15-32(24)26)22-16-19-4-2-3-5-21(19)29-22;26-18-5-3-6-19(15-18)35(33,34)31-11-8-16(9-12-31)25-30-22(23-24(27)28-10-13-32(23)25)21-14-17-4-1-2-7-20(17)29-21/h3-8,11,14-17,30H,9-10,12-13H2,1-2H3,(H2,28,29);2-9,12,15-16,18,29H,10-11,13-14H2,1H3,(H2,27,28);1-7,10,13-16,29H,8-9,11-12H2,(H2,27,28). The summed E-state index contributed by atoms with van der Waals surface area (Å²) in [4.78, 5) is 38.7. The quantitative estimate of drug-likeness (QED) is 0.0589. The molecule has 0 unspecified atom stereocenters. The molecule has 0 atom stereocenters. The number of sulfonamides is 3. The Kier molecular flexibility index (Phi) is 18.8. The minimum Gasteiger partial charge on any atom is -0.497 e. The van der Waals surface area contributed by atoms with E-state index in [1.165, 1.54) is 47.1 Å². The molecule has 12 heterocycles. The number of imidazole rings is 3. The molecule has 0 amide bonds. The van der Waals surface area contributed by atoms with Crippen molar-refractivity contribution in [3.05, 3.63) is 224 Å². The largest absolute Gasteiger partial charge is 0.497 e. The lowest BCUT2D eigenvalue weighted by atomic mass is 9.97. The summed E-state index contributed by atoms with van der Waals surface area (Å²) in [5.74, 6) is 4.10. The van der Waals surface area contributed by atoms with E-state index in [-0.39, 0.29) is 33.3 Å². The molecule has 0 radical (unpaired) electrons. The van der Waals surface area contributed by atoms with Gasteiger partial charge in [0.2, 0.25) is 30.1 Å². The second kappa shape index (κ2) is 28.6. The fourth-order valence-corrected chi connectivity index (χ4v) is 19.7. The topological polar surface area (TPSA) is 347 Å². The van der Waals surface area contributed by atoms with Crippen molar-refractivity contribution < 1.29 is 39.1 Å². The van der Waals surface area contributed by atoms with Crippen LogP contribution in [0.3, 0.4) is 0 Å². The number of H-pyrrole nitrogens is 3. The molecule has 0 spiro atoms. The Bertz CT molecular complexity index is 6170. The number of fused-ring (bicyclic) bond motifs is 6. The Morgan fingerprint density at radius 2 is 0.806 bits per heavy atom. The van der Waals surface area contributed by atoms with Gasteiger partial charge in [-0.05, 0) is 124 Å². The fourth-order valence-electron chi connectivity index (χ4n) is 15.1. The van der Waals surface area contributed by atoms with Gasteiger partial charge in [-0.15, -0.1) is 0 Å². The van der Waals surface area contributed by atoms with E-state index in [1.54, 1.807) is 47.2 Å². The average molecular weight is 1510 g/mol. The number of halogens is 1. The van der Waals surface area contributed by atoms with Crippen molar-refractivity contribution in [2.24, 2.45) is 0 Å². The molecule has 9 aromatic heterocycles. The molecule has 0 aliphatic carbocycles. The third-order valence-electron chi connectivity index (χ3n) is 20.7. The second-order valence-electron chi connectivity index (χ2n) is 27.2. The summed E-state index contributed by atoms with van der Waals surface area (Å²) in [7, 11) is -8.09. The fraction of sp³-hybridized carbons (Fsp3) is 0.231. The van der Waals surface area contributed by atoms with Crippen molar-refractivity contribution in [3.8, 4) is 45.7 Å². The maximum atomic E-state index is 13.6. The van der Waals surface area contributed by atoms with Crippen LogP contribution in [0.2, 0.25) is 0 Å². The van der Waals surface area contributed by atoms with Gasteiger partial charge in [-0.3, -0.25) is 13.2 Å². The molecule has 0 bridgehead atoms. The number of methoxy groups -OCH3 is 2. The average Bonchev–Trinajstić information content (AvgIpc) is 1.60. The van der Waals surface area contributed by atoms with E-state index in [0.29, 0.717) is 106 Å². The lowest BCUT2D eigenvalue weighted by Crippen LogP contribution is -2.38. The molecule has 3 fully saturated rings. The van der Waals surface area contributed by atoms with Crippen LogP contribution in [-0.4, -0.2) is 150 Å². The van der Waals surface area contributed by atoms with Crippen LogP contribution < -0.4 is 26.7 Å². The maximum absolute atomic E-state index is 13.6. The number of nitrogens with zero attached hydrogens (tertiary/aromatic N) is 12. The number of anilines is 3. The molecule has 26 nitrogen and oxygen atoms in total. The molecular formula is C78H77FN18O8S3. The Morgan fingerprint density at radius 3 is 1.18 bits per heavy atom. The highest BCUT2D eigenvalue weighted by Gasteiger charge is 2.37. The summed E-state index contributed by atoms with van der Waals surface area (Å²) in [6.45, 7) is 4.18. The molecule has 0 saturated carbocycles. The summed E-state index contributed by atoms with van der Waals surface area (Å²) >= 11 is 0. The van der Waals surface area contributed by atoms with E-state index in [0.717, 1.165) is 113 Å². The lowest BCUT2D eigenvalue weighted by Gasteiger charge is -2.31. The maximum Gasteiger partial charge on any atom is 0.246 e. The Hall–Kier alpha value is -11.5. The molecule has 108 heavy (non-hydrogen) atoms. The number of aryl methyl sites for hydroxylation is 1. The van der Waals surface area contributed by atoms with Gasteiger partial charge in [0.1, 0.15) is 90.8 Å². The number of nitrogens with one attached hydrogen (secondary N) is 3. The van der Waals surface area contributed by atoms with Crippen molar-refractivity contribution in [2.75, 3.05) is 70.7 Å². The van der Waals surface area contributed by atoms with E-state index in [2.05, 4.69) is 48.1 Å². The summed E-state index contributed by atoms with van der Waals surface area (Å²) in [5.41, 5.74) is 30.0. The van der Waals surface area contributed by atoms with Crippen molar-refractivity contribution in [1.29, 1.82) is 0 Å². The molecule has 3 aliphatic heterocycles. The number of rotatable bonds is 14. The highest BCUT2D eigenvalue weighted by molar-refractivity contribution is 7.89. The van der Waals surface area contributed by atoms with E-state index >= 15 is 0 Å². The number of benzene rings is 6. The van der Waals surface area contributed by atoms with Crippen LogP contribution in [0, 0.1) is 12.7 Å². The zero-order chi connectivity index (χ0) is 74.8. The van der Waals surface area contributed by atoms with Gasteiger partial charge in [0.15, 0.2) is 0 Å². The Balaban J connectivity index is 0.000000124. The van der Waals surface area contributed by atoms with Gasteiger partial charge in [0, 0.05) is 133 Å². The van der Waals surface area contributed by atoms with Crippen LogP contribution >= 0.6 is 0 Å². The normalized spacial score (nSPS) is 15.6. The van der Waals surface area contributed by atoms with Gasteiger partial charge < -0.3 is 41.6 Å². The monoisotopic (exact) mass is 1510 g/mol. The van der Waals surface area contributed by atoms with Crippen LogP contribution in [0.15, 0.2) is 210 Å². The Labute approximate surface area is 621 Å². The third-order valence-corrected chi connectivity index (χ3v) is 26.5. The minimum atomic E-state index is -3.78. The van der Waals surface area contributed by atoms with Gasteiger partial charge in [0.05, 0.1) is 41.1 Å². The summed E-state index contributed by atoms with van der Waals surface area (Å²) in [6.07, 6.45) is 14.3. The highest BCUT2D eigenvalue weighted by atomic mass is 32.2. The van der Waals surface area contributed by atoms with E-state index in [9.17, 15) is 29.6 Å². The molecule has 18 rings (SSSR count). The summed E-state index contributed by atoms with van der Waals surface area (Å²) in [6, 6.07) is 47.3. The summed E-state index contributed by atoms with van der Waals surface area (Å²) in [5, 5.41) is 3.25. The predicted molar refractivity (Wildman–Crippen MR) is 413 cm³/mol. The number of hydrogen-bond donors (Lipinski definition) is 6. The van der Waals surface area contributed by atoms with Gasteiger partial charge in [-0.1, -0.05) is 78.4 Å².